The number of hydrogen-bond donors (Lipinski definition) is 2. The maximum Gasteiger partial charge on any atom is 0.220 e. The van der Waals surface area contributed by atoms with Crippen molar-refractivity contribution in [3.63, 3.8) is 0 Å². The zero-order valence-corrected chi connectivity index (χ0v) is 17.0. The van der Waals surface area contributed by atoms with E-state index in [9.17, 15) is 9.90 Å². The minimum absolute atomic E-state index is 0.336. The molecular weight excluding hydrogens is 364 g/mol. The molecule has 0 aromatic carbocycles. The SMILES string of the molecule is NC(=O)C(CC1=CCC=CC=C1)CC(O)CN1CCN(Cc2cccnc2)CC1. The molecule has 29 heavy (non-hydrogen) atoms. The molecule has 0 radical (unpaired) electrons. The Hall–Kier alpha value is -2.28. The summed E-state index contributed by atoms with van der Waals surface area (Å²) in [5.74, 6) is -0.678. The Morgan fingerprint density at radius 1 is 1.21 bits per heavy atom. The number of hydrogen-bond acceptors (Lipinski definition) is 5. The summed E-state index contributed by atoms with van der Waals surface area (Å²) in [4.78, 5) is 20.8. The summed E-state index contributed by atoms with van der Waals surface area (Å²) in [7, 11) is 0. The summed E-state index contributed by atoms with van der Waals surface area (Å²) in [6, 6.07) is 4.07. The van der Waals surface area contributed by atoms with Gasteiger partial charge in [-0.25, -0.2) is 0 Å². The van der Waals surface area contributed by atoms with Crippen LogP contribution in [-0.4, -0.2) is 64.6 Å². The molecule has 0 saturated carbocycles. The van der Waals surface area contributed by atoms with Gasteiger partial charge in [0.1, 0.15) is 0 Å². The van der Waals surface area contributed by atoms with Crippen LogP contribution in [0.4, 0.5) is 0 Å². The molecule has 156 valence electrons. The zero-order valence-electron chi connectivity index (χ0n) is 17.0. The van der Waals surface area contributed by atoms with Crippen molar-refractivity contribution in [2.45, 2.75) is 31.9 Å². The molecule has 2 heterocycles. The van der Waals surface area contributed by atoms with Crippen LogP contribution in [0.5, 0.6) is 0 Å². The molecular formula is C23H32N4O2. The standard InChI is InChI=1S/C23H32N4O2/c24-23(29)21(14-19-6-3-1-2-4-7-19)15-22(28)18-27-12-10-26(11-13-27)17-20-8-5-9-25-16-20/h1-3,5-9,16,21-22,28H,4,10-15,17-18H2,(H2,24,29). The van der Waals surface area contributed by atoms with E-state index in [1.165, 1.54) is 5.56 Å². The zero-order chi connectivity index (χ0) is 20.5. The van der Waals surface area contributed by atoms with Crippen molar-refractivity contribution in [2.24, 2.45) is 11.7 Å². The van der Waals surface area contributed by atoms with Gasteiger partial charge in [0.05, 0.1) is 6.10 Å². The highest BCUT2D eigenvalue weighted by molar-refractivity contribution is 5.77. The highest BCUT2D eigenvalue weighted by Gasteiger charge is 2.24. The number of pyridine rings is 1. The van der Waals surface area contributed by atoms with E-state index in [0.29, 0.717) is 19.4 Å². The minimum atomic E-state index is -0.550. The number of piperazine rings is 1. The summed E-state index contributed by atoms with van der Waals surface area (Å²) < 4.78 is 0. The highest BCUT2D eigenvalue weighted by atomic mass is 16.3. The molecule has 0 spiro atoms. The molecule has 6 nitrogen and oxygen atoms in total. The Balaban J connectivity index is 1.42. The molecule has 1 aromatic heterocycles. The van der Waals surface area contributed by atoms with Crippen LogP contribution in [0.1, 0.15) is 24.8 Å². The lowest BCUT2D eigenvalue weighted by atomic mass is 9.92. The largest absolute Gasteiger partial charge is 0.392 e. The van der Waals surface area contributed by atoms with E-state index in [1.54, 1.807) is 6.20 Å². The number of β-amino-alcohol motifs (C(OH)–C–C–N with tert-alkyl or cyclic N) is 1. The van der Waals surface area contributed by atoms with Gasteiger partial charge in [0.25, 0.3) is 0 Å². The number of primary amides is 1. The van der Waals surface area contributed by atoms with Crippen LogP contribution >= 0.6 is 0 Å². The van der Waals surface area contributed by atoms with Crippen LogP contribution in [0.2, 0.25) is 0 Å². The van der Waals surface area contributed by atoms with Gasteiger partial charge in [-0.2, -0.15) is 0 Å². The summed E-state index contributed by atoms with van der Waals surface area (Å²) in [5, 5.41) is 10.6. The van der Waals surface area contributed by atoms with E-state index in [1.807, 2.05) is 30.5 Å². The number of aliphatic hydroxyl groups excluding tert-OH is 1. The van der Waals surface area contributed by atoms with Crippen LogP contribution in [0.3, 0.4) is 0 Å². The van der Waals surface area contributed by atoms with E-state index in [0.717, 1.165) is 44.7 Å². The number of allylic oxidation sites excluding steroid dienone is 6. The third kappa shape index (κ3) is 7.24. The van der Waals surface area contributed by atoms with E-state index in [4.69, 9.17) is 5.73 Å². The quantitative estimate of drug-likeness (QED) is 0.666. The Kier molecular flexibility index (Phi) is 8.16. The molecule has 1 aliphatic heterocycles. The van der Waals surface area contributed by atoms with Gasteiger partial charge in [0.15, 0.2) is 0 Å². The Bertz CT molecular complexity index is 737. The molecule has 1 aromatic rings. The van der Waals surface area contributed by atoms with Gasteiger partial charge in [-0.1, -0.05) is 42.0 Å². The summed E-state index contributed by atoms with van der Waals surface area (Å²) in [5.41, 5.74) is 7.95. The average Bonchev–Trinajstić information content (AvgIpc) is 2.98. The summed E-state index contributed by atoms with van der Waals surface area (Å²) in [6.07, 6.45) is 15.2. The molecule has 6 heteroatoms. The molecule has 1 amide bonds. The number of nitrogens with zero attached hydrogens (tertiary/aromatic N) is 3. The molecule has 1 aliphatic carbocycles. The number of nitrogens with two attached hydrogens (primary N) is 1. The number of carbonyl (C=O) groups is 1. The fraction of sp³-hybridized carbons (Fsp3) is 0.478. The van der Waals surface area contributed by atoms with Crippen molar-refractivity contribution >= 4 is 5.91 Å². The molecule has 2 atom stereocenters. The second kappa shape index (κ2) is 11.0. The first-order valence-electron chi connectivity index (χ1n) is 10.4. The number of carbonyl (C=O) groups excluding carboxylic acids is 1. The Labute approximate surface area is 173 Å². The lowest BCUT2D eigenvalue weighted by Gasteiger charge is -2.36. The predicted octanol–water partition coefficient (Wildman–Crippen LogP) is 1.88. The molecule has 3 rings (SSSR count). The van der Waals surface area contributed by atoms with Crippen molar-refractivity contribution in [3.8, 4) is 0 Å². The van der Waals surface area contributed by atoms with Crippen molar-refractivity contribution < 1.29 is 9.90 Å². The second-order valence-corrected chi connectivity index (χ2v) is 7.93. The van der Waals surface area contributed by atoms with Crippen molar-refractivity contribution in [2.75, 3.05) is 32.7 Å². The van der Waals surface area contributed by atoms with Crippen molar-refractivity contribution in [3.05, 3.63) is 66.0 Å². The fourth-order valence-electron chi connectivity index (χ4n) is 3.94. The van der Waals surface area contributed by atoms with Gasteiger partial charge in [0, 0.05) is 57.6 Å². The smallest absolute Gasteiger partial charge is 0.220 e. The normalized spacial score (nSPS) is 20.1. The monoisotopic (exact) mass is 396 g/mol. The van der Waals surface area contributed by atoms with Crippen LogP contribution < -0.4 is 5.73 Å². The summed E-state index contributed by atoms with van der Waals surface area (Å²) in [6.45, 7) is 5.25. The van der Waals surface area contributed by atoms with Crippen molar-refractivity contribution in [1.29, 1.82) is 0 Å². The average molecular weight is 397 g/mol. The molecule has 2 aliphatic rings. The Morgan fingerprint density at radius 3 is 2.72 bits per heavy atom. The number of rotatable bonds is 9. The first-order chi connectivity index (χ1) is 14.1. The van der Waals surface area contributed by atoms with E-state index < -0.39 is 6.10 Å². The van der Waals surface area contributed by atoms with Gasteiger partial charge in [-0.05, 0) is 30.9 Å². The minimum Gasteiger partial charge on any atom is -0.392 e. The lowest BCUT2D eigenvalue weighted by Crippen LogP contribution is -2.48. The van der Waals surface area contributed by atoms with Gasteiger partial charge in [-0.15, -0.1) is 0 Å². The molecule has 1 fully saturated rings. The van der Waals surface area contributed by atoms with Crippen LogP contribution in [0, 0.1) is 5.92 Å². The maximum absolute atomic E-state index is 11.9. The molecule has 0 bridgehead atoms. The van der Waals surface area contributed by atoms with E-state index >= 15 is 0 Å². The first kappa shape index (κ1) is 21.4. The topological polar surface area (TPSA) is 82.7 Å². The number of aliphatic hydroxyl groups is 1. The number of amides is 1. The second-order valence-electron chi connectivity index (χ2n) is 7.93. The van der Waals surface area contributed by atoms with E-state index in [2.05, 4.69) is 33.0 Å². The molecule has 1 saturated heterocycles. The van der Waals surface area contributed by atoms with Crippen LogP contribution in [-0.2, 0) is 11.3 Å². The van der Waals surface area contributed by atoms with Crippen LogP contribution in [0.25, 0.3) is 0 Å². The third-order valence-corrected chi connectivity index (χ3v) is 5.58. The maximum atomic E-state index is 11.9. The predicted molar refractivity (Wildman–Crippen MR) is 115 cm³/mol. The van der Waals surface area contributed by atoms with E-state index in [-0.39, 0.29) is 11.8 Å². The third-order valence-electron chi connectivity index (χ3n) is 5.58. The first-order valence-corrected chi connectivity index (χ1v) is 10.4. The lowest BCUT2D eigenvalue weighted by molar-refractivity contribution is -0.122. The van der Waals surface area contributed by atoms with Gasteiger partial charge in [0.2, 0.25) is 5.91 Å². The molecule has 2 unspecified atom stereocenters. The summed E-state index contributed by atoms with van der Waals surface area (Å²) >= 11 is 0. The molecule has 3 N–H and O–H groups in total. The van der Waals surface area contributed by atoms with Gasteiger partial charge in [-0.3, -0.25) is 19.6 Å². The van der Waals surface area contributed by atoms with Crippen LogP contribution in [0.15, 0.2) is 60.5 Å². The Morgan fingerprint density at radius 2 is 2.00 bits per heavy atom. The van der Waals surface area contributed by atoms with Crippen molar-refractivity contribution in [1.82, 2.24) is 14.8 Å². The van der Waals surface area contributed by atoms with Gasteiger partial charge < -0.3 is 10.8 Å². The fourth-order valence-corrected chi connectivity index (χ4v) is 3.94. The van der Waals surface area contributed by atoms with Gasteiger partial charge >= 0.3 is 0 Å². The highest BCUT2D eigenvalue weighted by Crippen LogP contribution is 2.21. The number of aromatic nitrogens is 1.